The standard InChI is InChI=1S/C21H20F3N3O3/c1-29-17-7-6-14(12-18(17)30-2)8-9-25-19-20(28)27(11-10-26-19)16-5-3-4-15(13-16)21(22,23)24/h3-7,10-13H,8-9H2,1-2H3,(H,25,26). The van der Waals surface area contributed by atoms with Crippen LogP contribution in [0, 0.1) is 0 Å². The summed E-state index contributed by atoms with van der Waals surface area (Å²) < 4.78 is 50.5. The van der Waals surface area contributed by atoms with Gasteiger partial charge in [0, 0.05) is 24.6 Å². The third kappa shape index (κ3) is 4.73. The predicted octanol–water partition coefficient (Wildman–Crippen LogP) is 3.92. The summed E-state index contributed by atoms with van der Waals surface area (Å²) in [5.74, 6) is 1.26. The Morgan fingerprint density at radius 1 is 1.07 bits per heavy atom. The Balaban J connectivity index is 1.76. The van der Waals surface area contributed by atoms with Gasteiger partial charge in [0.25, 0.3) is 5.56 Å². The van der Waals surface area contributed by atoms with Gasteiger partial charge in [-0.3, -0.25) is 9.36 Å². The molecule has 0 aliphatic rings. The molecule has 3 aromatic rings. The molecule has 0 fully saturated rings. The third-order valence-electron chi connectivity index (χ3n) is 4.45. The van der Waals surface area contributed by atoms with Gasteiger partial charge >= 0.3 is 6.18 Å². The van der Waals surface area contributed by atoms with Crippen molar-refractivity contribution < 1.29 is 22.6 Å². The van der Waals surface area contributed by atoms with Crippen molar-refractivity contribution in [1.29, 1.82) is 0 Å². The monoisotopic (exact) mass is 419 g/mol. The molecule has 0 amide bonds. The number of benzene rings is 2. The maximum absolute atomic E-state index is 13.0. The molecule has 2 aromatic carbocycles. The normalized spacial score (nSPS) is 11.2. The summed E-state index contributed by atoms with van der Waals surface area (Å²) in [6, 6.07) is 10.1. The summed E-state index contributed by atoms with van der Waals surface area (Å²) in [6.07, 6.45) is -1.23. The molecule has 0 saturated carbocycles. The Morgan fingerprint density at radius 2 is 1.83 bits per heavy atom. The van der Waals surface area contributed by atoms with Crippen molar-refractivity contribution in [3.8, 4) is 17.2 Å². The first-order valence-electron chi connectivity index (χ1n) is 9.03. The second kappa shape index (κ2) is 8.89. The fourth-order valence-electron chi connectivity index (χ4n) is 2.93. The maximum Gasteiger partial charge on any atom is 0.416 e. The van der Waals surface area contributed by atoms with Gasteiger partial charge in [-0.2, -0.15) is 13.2 Å². The quantitative estimate of drug-likeness (QED) is 0.629. The minimum Gasteiger partial charge on any atom is -0.493 e. The second-order valence-electron chi connectivity index (χ2n) is 6.37. The van der Waals surface area contributed by atoms with Crippen molar-refractivity contribution in [2.24, 2.45) is 0 Å². The first kappa shape index (κ1) is 21.2. The Morgan fingerprint density at radius 3 is 2.53 bits per heavy atom. The first-order valence-corrected chi connectivity index (χ1v) is 9.03. The molecule has 158 valence electrons. The molecule has 0 unspecified atom stereocenters. The number of hydrogen-bond donors (Lipinski definition) is 1. The summed E-state index contributed by atoms with van der Waals surface area (Å²) in [5, 5.41) is 2.94. The van der Waals surface area contributed by atoms with Crippen molar-refractivity contribution in [2.75, 3.05) is 26.1 Å². The van der Waals surface area contributed by atoms with Gasteiger partial charge < -0.3 is 14.8 Å². The zero-order valence-electron chi connectivity index (χ0n) is 16.4. The number of alkyl halides is 3. The number of nitrogens with one attached hydrogen (secondary N) is 1. The van der Waals surface area contributed by atoms with Crippen LogP contribution >= 0.6 is 0 Å². The Labute approximate surface area is 170 Å². The predicted molar refractivity (Wildman–Crippen MR) is 107 cm³/mol. The average Bonchev–Trinajstić information content (AvgIpc) is 2.74. The van der Waals surface area contributed by atoms with Crippen LogP contribution in [0.5, 0.6) is 11.5 Å². The van der Waals surface area contributed by atoms with E-state index in [-0.39, 0.29) is 11.5 Å². The van der Waals surface area contributed by atoms with Crippen molar-refractivity contribution in [3.05, 3.63) is 76.3 Å². The van der Waals surface area contributed by atoms with E-state index in [0.29, 0.717) is 24.5 Å². The van der Waals surface area contributed by atoms with Crippen LogP contribution in [-0.4, -0.2) is 30.3 Å². The highest BCUT2D eigenvalue weighted by molar-refractivity contribution is 5.44. The van der Waals surface area contributed by atoms with Gasteiger partial charge in [0.2, 0.25) is 0 Å². The second-order valence-corrected chi connectivity index (χ2v) is 6.37. The molecule has 1 N–H and O–H groups in total. The molecule has 30 heavy (non-hydrogen) atoms. The van der Waals surface area contributed by atoms with Crippen LogP contribution in [0.15, 0.2) is 59.7 Å². The largest absolute Gasteiger partial charge is 0.493 e. The Bertz CT molecular complexity index is 1080. The highest BCUT2D eigenvalue weighted by Crippen LogP contribution is 2.30. The van der Waals surface area contributed by atoms with E-state index < -0.39 is 17.3 Å². The molecule has 0 spiro atoms. The van der Waals surface area contributed by atoms with Gasteiger partial charge in [-0.1, -0.05) is 12.1 Å². The maximum atomic E-state index is 13.0. The molecule has 0 atom stereocenters. The lowest BCUT2D eigenvalue weighted by Crippen LogP contribution is -2.24. The molecule has 0 radical (unpaired) electrons. The van der Waals surface area contributed by atoms with Gasteiger partial charge in [-0.15, -0.1) is 0 Å². The minimum absolute atomic E-state index is 0.0513. The van der Waals surface area contributed by atoms with Crippen LogP contribution in [0.1, 0.15) is 11.1 Å². The summed E-state index contributed by atoms with van der Waals surface area (Å²) in [6.45, 7) is 0.393. The van der Waals surface area contributed by atoms with Gasteiger partial charge in [-0.05, 0) is 42.3 Å². The zero-order valence-corrected chi connectivity index (χ0v) is 16.4. The van der Waals surface area contributed by atoms with E-state index in [1.165, 1.54) is 24.5 Å². The molecule has 9 heteroatoms. The van der Waals surface area contributed by atoms with E-state index >= 15 is 0 Å². The van der Waals surface area contributed by atoms with Gasteiger partial charge in [-0.25, -0.2) is 4.98 Å². The fourth-order valence-corrected chi connectivity index (χ4v) is 2.93. The molecule has 0 aliphatic heterocycles. The van der Waals surface area contributed by atoms with E-state index in [1.807, 2.05) is 12.1 Å². The highest BCUT2D eigenvalue weighted by Gasteiger charge is 2.30. The summed E-state index contributed by atoms with van der Waals surface area (Å²) in [5.41, 5.74) is -0.301. The third-order valence-corrected chi connectivity index (χ3v) is 4.45. The van der Waals surface area contributed by atoms with Crippen LogP contribution in [0.3, 0.4) is 0 Å². The van der Waals surface area contributed by atoms with Gasteiger partial charge in [0.1, 0.15) is 0 Å². The number of rotatable bonds is 7. The van der Waals surface area contributed by atoms with Crippen molar-refractivity contribution in [3.63, 3.8) is 0 Å². The van der Waals surface area contributed by atoms with Crippen molar-refractivity contribution >= 4 is 5.82 Å². The van der Waals surface area contributed by atoms with E-state index in [4.69, 9.17) is 9.47 Å². The van der Waals surface area contributed by atoms with E-state index in [2.05, 4.69) is 10.3 Å². The first-order chi connectivity index (χ1) is 14.3. The number of anilines is 1. The molecule has 1 heterocycles. The van der Waals surface area contributed by atoms with Crippen LogP contribution in [0.4, 0.5) is 19.0 Å². The smallest absolute Gasteiger partial charge is 0.416 e. The number of aromatic nitrogens is 2. The lowest BCUT2D eigenvalue weighted by atomic mass is 10.1. The van der Waals surface area contributed by atoms with Crippen molar-refractivity contribution in [2.45, 2.75) is 12.6 Å². The van der Waals surface area contributed by atoms with Crippen LogP contribution < -0.4 is 20.3 Å². The van der Waals surface area contributed by atoms with Crippen LogP contribution in [0.2, 0.25) is 0 Å². The van der Waals surface area contributed by atoms with E-state index in [9.17, 15) is 18.0 Å². The van der Waals surface area contributed by atoms with E-state index in [0.717, 1.165) is 22.3 Å². The molecule has 6 nitrogen and oxygen atoms in total. The van der Waals surface area contributed by atoms with Gasteiger partial charge in [0.05, 0.1) is 19.8 Å². The van der Waals surface area contributed by atoms with Gasteiger partial charge in [0.15, 0.2) is 17.3 Å². The van der Waals surface area contributed by atoms with Crippen molar-refractivity contribution in [1.82, 2.24) is 9.55 Å². The minimum atomic E-state index is -4.49. The van der Waals surface area contributed by atoms with Crippen LogP contribution in [-0.2, 0) is 12.6 Å². The Hall–Kier alpha value is -3.49. The molecular formula is C21H20F3N3O3. The number of ether oxygens (including phenoxy) is 2. The molecular weight excluding hydrogens is 399 g/mol. The topological polar surface area (TPSA) is 65.4 Å². The number of halogens is 3. The number of nitrogens with zero attached hydrogens (tertiary/aromatic N) is 2. The summed E-state index contributed by atoms with van der Waals surface area (Å²) in [7, 11) is 3.10. The molecule has 1 aromatic heterocycles. The lowest BCUT2D eigenvalue weighted by molar-refractivity contribution is -0.137. The summed E-state index contributed by atoms with van der Waals surface area (Å²) in [4.78, 5) is 16.7. The molecule has 0 bridgehead atoms. The molecule has 0 saturated heterocycles. The fraction of sp³-hybridized carbons (Fsp3) is 0.238. The average molecular weight is 419 g/mol. The zero-order chi connectivity index (χ0) is 21.7. The Kier molecular flexibility index (Phi) is 6.29. The lowest BCUT2D eigenvalue weighted by Gasteiger charge is -2.12. The van der Waals surface area contributed by atoms with Crippen LogP contribution in [0.25, 0.3) is 5.69 Å². The van der Waals surface area contributed by atoms with E-state index in [1.54, 1.807) is 20.3 Å². The molecule has 0 aliphatic carbocycles. The highest BCUT2D eigenvalue weighted by atomic mass is 19.4. The number of methoxy groups -OCH3 is 2. The number of hydrogen-bond acceptors (Lipinski definition) is 5. The summed E-state index contributed by atoms with van der Waals surface area (Å²) >= 11 is 0. The SMILES string of the molecule is COc1ccc(CCNc2nccn(-c3cccc(C(F)(F)F)c3)c2=O)cc1OC. The molecule has 3 rings (SSSR count).